The molecule has 4 heterocycles. The SMILES string of the molecule is CCn1cnc(NC(=O)N2CC3CC(N(C)c4c(C#N)cnc5[nH]ccc45)C[C@@H]3C2)n1. The standard InChI is InChI=1S/C21H25N9O/c1-3-30-12-25-20(27-30)26-21(31)29-10-13-6-16(7-14(13)11-29)28(2)18-15(8-22)9-24-19-17(18)4-5-23-19/h4-5,9,12-14,16H,3,6-7,10-11H2,1-2H3,(H,23,24)(H,26,27,31)/t13-,14?,16?/m1/s1. The molecule has 10 heteroatoms. The Hall–Kier alpha value is -3.61. The average molecular weight is 419 g/mol. The molecule has 2 aliphatic rings. The molecule has 2 fully saturated rings. The molecule has 1 saturated carbocycles. The van der Waals surface area contributed by atoms with Gasteiger partial charge in [0.2, 0.25) is 5.95 Å². The van der Waals surface area contributed by atoms with E-state index in [1.54, 1.807) is 17.2 Å². The van der Waals surface area contributed by atoms with Gasteiger partial charge in [-0.15, -0.1) is 5.10 Å². The van der Waals surface area contributed by atoms with E-state index in [-0.39, 0.29) is 6.03 Å². The van der Waals surface area contributed by atoms with Gasteiger partial charge in [-0.25, -0.2) is 14.8 Å². The number of fused-ring (bicyclic) bond motifs is 2. The van der Waals surface area contributed by atoms with Gasteiger partial charge in [0.05, 0.1) is 11.3 Å². The number of rotatable bonds is 4. The van der Waals surface area contributed by atoms with Gasteiger partial charge in [-0.1, -0.05) is 0 Å². The summed E-state index contributed by atoms with van der Waals surface area (Å²) < 4.78 is 1.69. The number of carbonyl (C=O) groups is 1. The minimum absolute atomic E-state index is 0.136. The molecule has 1 saturated heterocycles. The van der Waals surface area contributed by atoms with Crippen LogP contribution in [0.5, 0.6) is 0 Å². The Kier molecular flexibility index (Phi) is 4.73. The van der Waals surface area contributed by atoms with Crippen LogP contribution in [0.25, 0.3) is 11.0 Å². The van der Waals surface area contributed by atoms with Crippen molar-refractivity contribution in [3.05, 3.63) is 30.4 Å². The number of aromatic amines is 1. The quantitative estimate of drug-likeness (QED) is 0.670. The summed E-state index contributed by atoms with van der Waals surface area (Å²) in [5.74, 6) is 1.25. The van der Waals surface area contributed by atoms with Crippen LogP contribution >= 0.6 is 0 Å². The summed E-state index contributed by atoms with van der Waals surface area (Å²) in [5, 5.41) is 17.6. The van der Waals surface area contributed by atoms with Gasteiger partial charge in [0.25, 0.3) is 0 Å². The lowest BCUT2D eigenvalue weighted by molar-refractivity contribution is 0.218. The van der Waals surface area contributed by atoms with E-state index in [9.17, 15) is 10.1 Å². The molecule has 2 N–H and O–H groups in total. The van der Waals surface area contributed by atoms with E-state index < -0.39 is 0 Å². The van der Waals surface area contributed by atoms with Crippen LogP contribution in [0, 0.1) is 23.2 Å². The molecule has 2 unspecified atom stereocenters. The number of nitrogens with one attached hydrogen (secondary N) is 2. The van der Waals surface area contributed by atoms with Crippen molar-refractivity contribution in [1.82, 2.24) is 29.6 Å². The second-order valence-corrected chi connectivity index (χ2v) is 8.39. The Balaban J connectivity index is 1.26. The van der Waals surface area contributed by atoms with Crippen LogP contribution in [-0.2, 0) is 6.54 Å². The molecule has 0 bridgehead atoms. The van der Waals surface area contributed by atoms with Crippen molar-refractivity contribution in [2.45, 2.75) is 32.4 Å². The molecule has 1 aliphatic heterocycles. The van der Waals surface area contributed by atoms with E-state index >= 15 is 0 Å². The van der Waals surface area contributed by atoms with Crippen molar-refractivity contribution in [2.75, 3.05) is 30.4 Å². The van der Waals surface area contributed by atoms with Crippen LogP contribution in [0.4, 0.5) is 16.4 Å². The van der Waals surface area contributed by atoms with Gasteiger partial charge >= 0.3 is 6.03 Å². The van der Waals surface area contributed by atoms with Crippen molar-refractivity contribution < 1.29 is 4.79 Å². The normalized spacial score (nSPS) is 22.5. The maximum Gasteiger partial charge on any atom is 0.324 e. The van der Waals surface area contributed by atoms with Gasteiger partial charge in [0.1, 0.15) is 18.0 Å². The Morgan fingerprint density at radius 1 is 1.35 bits per heavy atom. The minimum atomic E-state index is -0.136. The van der Waals surface area contributed by atoms with Crippen LogP contribution < -0.4 is 10.2 Å². The molecule has 0 spiro atoms. The lowest BCUT2D eigenvalue weighted by Crippen LogP contribution is -2.36. The maximum atomic E-state index is 12.6. The fourth-order valence-corrected chi connectivity index (χ4v) is 5.07. The molecule has 0 radical (unpaired) electrons. The predicted octanol–water partition coefficient (Wildman–Crippen LogP) is 2.42. The first-order valence-electron chi connectivity index (χ1n) is 10.6. The van der Waals surface area contributed by atoms with Crippen molar-refractivity contribution in [3.63, 3.8) is 0 Å². The molecular weight excluding hydrogens is 394 g/mol. The Labute approximate surface area is 179 Å². The lowest BCUT2D eigenvalue weighted by Gasteiger charge is -2.29. The van der Waals surface area contributed by atoms with Gasteiger partial charge in [-0.05, 0) is 37.7 Å². The Morgan fingerprint density at radius 2 is 2.13 bits per heavy atom. The number of H-pyrrole nitrogens is 1. The molecule has 0 aromatic carbocycles. The number of likely N-dealkylation sites (tertiary alicyclic amines) is 1. The first-order chi connectivity index (χ1) is 15.1. The number of aryl methyl sites for hydroxylation is 1. The fraction of sp³-hybridized carbons (Fsp3) is 0.476. The second-order valence-electron chi connectivity index (χ2n) is 8.39. The number of urea groups is 1. The Bertz CT molecular complexity index is 1150. The molecule has 5 rings (SSSR count). The first-order valence-corrected chi connectivity index (χ1v) is 10.6. The van der Waals surface area contributed by atoms with E-state index in [2.05, 4.69) is 43.4 Å². The highest BCUT2D eigenvalue weighted by molar-refractivity contribution is 5.93. The van der Waals surface area contributed by atoms with E-state index in [0.717, 1.165) is 42.7 Å². The zero-order valence-electron chi connectivity index (χ0n) is 17.6. The third-order valence-electron chi connectivity index (χ3n) is 6.67. The van der Waals surface area contributed by atoms with Gasteiger partial charge in [0, 0.05) is 50.5 Å². The summed E-state index contributed by atoms with van der Waals surface area (Å²) in [6.07, 6.45) is 7.10. The number of nitriles is 1. The Morgan fingerprint density at radius 3 is 2.81 bits per heavy atom. The highest BCUT2D eigenvalue weighted by Gasteiger charge is 2.44. The smallest absolute Gasteiger partial charge is 0.324 e. The molecule has 3 aromatic rings. The summed E-state index contributed by atoms with van der Waals surface area (Å²) in [5.41, 5.74) is 2.32. The number of hydrogen-bond donors (Lipinski definition) is 2. The lowest BCUT2D eigenvalue weighted by atomic mass is 10.0. The topological polar surface area (TPSA) is 119 Å². The molecule has 31 heavy (non-hydrogen) atoms. The van der Waals surface area contributed by atoms with Gasteiger partial charge in [0.15, 0.2) is 0 Å². The molecule has 160 valence electrons. The summed E-state index contributed by atoms with van der Waals surface area (Å²) in [6, 6.07) is 4.46. The number of anilines is 2. The highest BCUT2D eigenvalue weighted by atomic mass is 16.2. The first kappa shape index (κ1) is 19.4. The number of hydrogen-bond acceptors (Lipinski definition) is 6. The van der Waals surface area contributed by atoms with Crippen molar-refractivity contribution in [1.29, 1.82) is 5.26 Å². The van der Waals surface area contributed by atoms with Crippen LogP contribution in [0.1, 0.15) is 25.3 Å². The highest BCUT2D eigenvalue weighted by Crippen LogP contribution is 2.42. The largest absolute Gasteiger partial charge is 0.370 e. The predicted molar refractivity (Wildman–Crippen MR) is 116 cm³/mol. The summed E-state index contributed by atoms with van der Waals surface area (Å²) in [7, 11) is 2.06. The fourth-order valence-electron chi connectivity index (χ4n) is 5.07. The van der Waals surface area contributed by atoms with E-state index in [0.29, 0.717) is 35.9 Å². The summed E-state index contributed by atoms with van der Waals surface area (Å²) in [6.45, 7) is 4.15. The van der Waals surface area contributed by atoms with Gasteiger partial charge in [-0.3, -0.25) is 10.00 Å². The molecule has 2 amide bonds. The van der Waals surface area contributed by atoms with Crippen LogP contribution in [0.2, 0.25) is 0 Å². The number of aromatic nitrogens is 5. The van der Waals surface area contributed by atoms with Crippen LogP contribution in [0.3, 0.4) is 0 Å². The second kappa shape index (κ2) is 7.58. The summed E-state index contributed by atoms with van der Waals surface area (Å²) >= 11 is 0. The van der Waals surface area contributed by atoms with Gasteiger partial charge in [-0.2, -0.15) is 5.26 Å². The third-order valence-corrected chi connectivity index (χ3v) is 6.67. The van der Waals surface area contributed by atoms with Crippen molar-refractivity contribution >= 4 is 28.7 Å². The molecule has 10 nitrogen and oxygen atoms in total. The maximum absolute atomic E-state index is 12.6. The van der Waals surface area contributed by atoms with Crippen molar-refractivity contribution in [3.8, 4) is 6.07 Å². The van der Waals surface area contributed by atoms with E-state index in [1.165, 1.54) is 0 Å². The number of carbonyl (C=O) groups excluding carboxylic acids is 1. The molecule has 3 aromatic heterocycles. The zero-order valence-corrected chi connectivity index (χ0v) is 17.6. The molecule has 1 aliphatic carbocycles. The molecular formula is C21H25N9O. The number of pyridine rings is 1. The summed E-state index contributed by atoms with van der Waals surface area (Å²) in [4.78, 5) is 28.4. The van der Waals surface area contributed by atoms with E-state index in [4.69, 9.17) is 0 Å². The minimum Gasteiger partial charge on any atom is -0.370 e. The number of amides is 2. The third kappa shape index (κ3) is 3.36. The average Bonchev–Trinajstić information content (AvgIpc) is 3.54. The monoisotopic (exact) mass is 419 g/mol. The number of nitrogens with zero attached hydrogens (tertiary/aromatic N) is 7. The van der Waals surface area contributed by atoms with Crippen LogP contribution in [-0.4, -0.2) is 61.8 Å². The van der Waals surface area contributed by atoms with Crippen molar-refractivity contribution in [2.24, 2.45) is 11.8 Å². The van der Waals surface area contributed by atoms with Gasteiger partial charge < -0.3 is 14.8 Å². The van der Waals surface area contributed by atoms with E-state index in [1.807, 2.05) is 24.1 Å². The zero-order chi connectivity index (χ0) is 21.5. The van der Waals surface area contributed by atoms with Crippen LogP contribution in [0.15, 0.2) is 24.8 Å². The molecule has 3 atom stereocenters.